The summed E-state index contributed by atoms with van der Waals surface area (Å²) in [5.74, 6) is 0.752. The number of aliphatic hydroxyl groups excluding tert-OH is 2. The third-order valence-corrected chi connectivity index (χ3v) is 13.5. The predicted molar refractivity (Wildman–Crippen MR) is 184 cm³/mol. The topological polar surface area (TPSA) is 136 Å². The second-order valence-corrected chi connectivity index (χ2v) is 17.3. The van der Waals surface area contributed by atoms with Crippen molar-refractivity contribution in [1.29, 1.82) is 0 Å². The maximum atomic E-state index is 13.0. The minimum Gasteiger partial charge on any atom is -0.480 e. The molecule has 4 aliphatic carbocycles. The average Bonchev–Trinajstić information content (AvgIpc) is 3.35. The molecule has 0 heterocycles. The van der Waals surface area contributed by atoms with Crippen LogP contribution >= 0.6 is 0 Å². The molecule has 47 heavy (non-hydrogen) atoms. The SMILES string of the molecule is C[C@H](CCC(=O)N[C@@H](CCC(=O)Nc1cccc(C(C)(C)C)c1)C(=O)O)[C@H]1CC[C@H]2[C@@H]3[C@H](O)C[C@@H]4C[C@H](O)CC[C@]4(C)[C@H]3CC[C@]12C. The van der Waals surface area contributed by atoms with Crippen LogP contribution in [0.1, 0.15) is 124 Å². The van der Waals surface area contributed by atoms with Crippen molar-refractivity contribution in [2.75, 3.05) is 5.32 Å². The molecule has 1 aromatic rings. The number of hydrogen-bond acceptors (Lipinski definition) is 5. The van der Waals surface area contributed by atoms with Crippen molar-refractivity contribution in [2.45, 2.75) is 142 Å². The van der Waals surface area contributed by atoms with Crippen LogP contribution in [-0.4, -0.2) is 51.4 Å². The van der Waals surface area contributed by atoms with Crippen molar-refractivity contribution in [3.8, 4) is 0 Å². The summed E-state index contributed by atoms with van der Waals surface area (Å²) in [6.45, 7) is 13.4. The second-order valence-electron chi connectivity index (χ2n) is 17.3. The van der Waals surface area contributed by atoms with Gasteiger partial charge < -0.3 is 26.0 Å². The molecule has 8 nitrogen and oxygen atoms in total. The Balaban J connectivity index is 1.12. The first-order chi connectivity index (χ1) is 22.0. The molecule has 0 aromatic heterocycles. The van der Waals surface area contributed by atoms with Crippen molar-refractivity contribution in [3.63, 3.8) is 0 Å². The molecule has 0 unspecified atom stereocenters. The molecule has 4 aliphatic rings. The molecule has 0 aliphatic heterocycles. The van der Waals surface area contributed by atoms with Gasteiger partial charge in [0.15, 0.2) is 0 Å². The number of nitrogens with one attached hydrogen (secondary N) is 2. The zero-order valence-electron chi connectivity index (χ0n) is 29.6. The smallest absolute Gasteiger partial charge is 0.326 e. The van der Waals surface area contributed by atoms with Gasteiger partial charge in [-0.3, -0.25) is 9.59 Å². The minimum absolute atomic E-state index is 0.0103. The number of fused-ring (bicyclic) bond motifs is 5. The van der Waals surface area contributed by atoms with Crippen molar-refractivity contribution >= 4 is 23.5 Å². The molecule has 5 N–H and O–H groups in total. The lowest BCUT2D eigenvalue weighted by Crippen LogP contribution is -2.58. The van der Waals surface area contributed by atoms with Gasteiger partial charge in [-0.25, -0.2) is 4.79 Å². The third kappa shape index (κ3) is 7.44. The van der Waals surface area contributed by atoms with Crippen LogP contribution in [0.4, 0.5) is 5.69 Å². The van der Waals surface area contributed by atoms with E-state index >= 15 is 0 Å². The Bertz CT molecular complexity index is 1310. The van der Waals surface area contributed by atoms with E-state index in [1.54, 1.807) is 0 Å². The van der Waals surface area contributed by atoms with Crippen LogP contribution in [-0.2, 0) is 19.8 Å². The summed E-state index contributed by atoms with van der Waals surface area (Å²) >= 11 is 0. The maximum absolute atomic E-state index is 13.0. The zero-order chi connectivity index (χ0) is 34.3. The number of aliphatic carboxylic acids is 1. The lowest BCUT2D eigenvalue weighted by Gasteiger charge is -2.62. The van der Waals surface area contributed by atoms with E-state index in [9.17, 15) is 29.7 Å². The number of carboxylic acid groups (broad SMARTS) is 1. The summed E-state index contributed by atoms with van der Waals surface area (Å²) in [5, 5.41) is 37.2. The monoisotopic (exact) mass is 652 g/mol. The molecule has 0 bridgehead atoms. The van der Waals surface area contributed by atoms with Gasteiger partial charge in [0.1, 0.15) is 6.04 Å². The lowest BCUT2D eigenvalue weighted by atomic mass is 9.43. The summed E-state index contributed by atoms with van der Waals surface area (Å²) < 4.78 is 0. The maximum Gasteiger partial charge on any atom is 0.326 e. The van der Waals surface area contributed by atoms with Crippen molar-refractivity contribution in [1.82, 2.24) is 5.32 Å². The van der Waals surface area contributed by atoms with Crippen LogP contribution in [0.2, 0.25) is 0 Å². The van der Waals surface area contributed by atoms with E-state index in [1.165, 1.54) is 0 Å². The first-order valence-electron chi connectivity index (χ1n) is 18.3. The number of carbonyl (C=O) groups is 3. The van der Waals surface area contributed by atoms with Crippen LogP contribution in [0, 0.1) is 46.3 Å². The minimum atomic E-state index is -1.13. The first-order valence-corrected chi connectivity index (χ1v) is 18.3. The average molecular weight is 653 g/mol. The van der Waals surface area contributed by atoms with E-state index in [-0.39, 0.29) is 59.5 Å². The Hall–Kier alpha value is -2.45. The number of aliphatic hydroxyl groups is 2. The molecule has 8 heteroatoms. The van der Waals surface area contributed by atoms with Crippen LogP contribution in [0.3, 0.4) is 0 Å². The Labute approximate surface area is 281 Å². The van der Waals surface area contributed by atoms with Gasteiger partial charge in [-0.2, -0.15) is 0 Å². The fourth-order valence-corrected chi connectivity index (χ4v) is 10.8. The highest BCUT2D eigenvalue weighted by Gasteiger charge is 2.62. The van der Waals surface area contributed by atoms with E-state index in [4.69, 9.17) is 0 Å². The first kappa shape index (κ1) is 35.8. The summed E-state index contributed by atoms with van der Waals surface area (Å²) in [4.78, 5) is 37.7. The highest BCUT2D eigenvalue weighted by Crippen LogP contribution is 2.68. The van der Waals surface area contributed by atoms with E-state index < -0.39 is 12.0 Å². The Morgan fingerprint density at radius 1 is 0.915 bits per heavy atom. The number of benzene rings is 1. The molecule has 11 atom stereocenters. The molecule has 2 amide bonds. The fraction of sp³-hybridized carbons (Fsp3) is 0.769. The van der Waals surface area contributed by atoms with Gasteiger partial charge in [-0.05, 0) is 134 Å². The van der Waals surface area contributed by atoms with Crippen molar-refractivity contribution in [3.05, 3.63) is 29.8 Å². The normalized spacial score (nSPS) is 36.3. The lowest BCUT2D eigenvalue weighted by molar-refractivity contribution is -0.174. The molecule has 5 rings (SSSR count). The number of amides is 2. The van der Waals surface area contributed by atoms with Crippen LogP contribution in [0.15, 0.2) is 24.3 Å². The van der Waals surface area contributed by atoms with Gasteiger partial charge in [-0.15, -0.1) is 0 Å². The highest BCUT2D eigenvalue weighted by molar-refractivity contribution is 5.91. The van der Waals surface area contributed by atoms with Crippen LogP contribution in [0.25, 0.3) is 0 Å². The number of carbonyl (C=O) groups excluding carboxylic acids is 2. The number of hydrogen-bond donors (Lipinski definition) is 5. The van der Waals surface area contributed by atoms with E-state index in [0.29, 0.717) is 47.6 Å². The summed E-state index contributed by atoms with van der Waals surface area (Å²) in [7, 11) is 0. The third-order valence-electron chi connectivity index (χ3n) is 13.5. The molecular weight excluding hydrogens is 592 g/mol. The molecule has 262 valence electrons. The van der Waals surface area contributed by atoms with E-state index in [1.807, 2.05) is 24.3 Å². The van der Waals surface area contributed by atoms with Crippen LogP contribution < -0.4 is 10.6 Å². The van der Waals surface area contributed by atoms with Gasteiger partial charge in [0.05, 0.1) is 12.2 Å². The predicted octanol–water partition coefficient (Wildman–Crippen LogP) is 6.68. The standard InChI is InChI=1S/C39H60N2O6/c1-23(10-14-34(45)41-31(36(46)47)13-15-33(44)40-26-9-7-8-24(20-26)37(2,3)4)28-11-12-29-35-30(17-19-39(28,29)6)38(5)18-16-27(42)21-25(38)22-32(35)43/h7-9,20,23,25,27-32,35,42-43H,10-19,21-22H2,1-6H3,(H,40,44)(H,41,45)(H,46,47)/t23-,25+,27-,28-,29+,30+,31+,32-,35+,38+,39-/m1/s1. The molecule has 0 spiro atoms. The van der Waals surface area contributed by atoms with Crippen molar-refractivity contribution in [2.24, 2.45) is 46.3 Å². The summed E-state index contributed by atoms with van der Waals surface area (Å²) in [5.41, 5.74) is 2.03. The van der Waals surface area contributed by atoms with E-state index in [2.05, 4.69) is 52.2 Å². The summed E-state index contributed by atoms with van der Waals surface area (Å²) in [6.07, 6.45) is 8.44. The number of anilines is 1. The Kier molecular flexibility index (Phi) is 10.5. The largest absolute Gasteiger partial charge is 0.480 e. The number of carboxylic acids is 1. The molecule has 4 saturated carbocycles. The molecule has 0 saturated heterocycles. The van der Waals surface area contributed by atoms with Gasteiger partial charge in [0.25, 0.3) is 0 Å². The number of rotatable bonds is 10. The van der Waals surface area contributed by atoms with Gasteiger partial charge >= 0.3 is 5.97 Å². The second kappa shape index (κ2) is 13.8. The van der Waals surface area contributed by atoms with Gasteiger partial charge in [0.2, 0.25) is 11.8 Å². The zero-order valence-corrected chi connectivity index (χ0v) is 29.6. The molecular formula is C39H60N2O6. The fourth-order valence-electron chi connectivity index (χ4n) is 10.8. The molecule has 4 fully saturated rings. The summed E-state index contributed by atoms with van der Waals surface area (Å²) in [6, 6.07) is 6.55. The van der Waals surface area contributed by atoms with Crippen molar-refractivity contribution < 1.29 is 29.7 Å². The Morgan fingerprint density at radius 3 is 2.30 bits per heavy atom. The molecule has 0 radical (unpaired) electrons. The van der Waals surface area contributed by atoms with Gasteiger partial charge in [-0.1, -0.05) is 53.7 Å². The van der Waals surface area contributed by atoms with E-state index in [0.717, 1.165) is 56.9 Å². The highest BCUT2D eigenvalue weighted by atomic mass is 16.4. The van der Waals surface area contributed by atoms with Gasteiger partial charge in [0, 0.05) is 18.5 Å². The van der Waals surface area contributed by atoms with Crippen LogP contribution in [0.5, 0.6) is 0 Å². The Morgan fingerprint density at radius 2 is 1.60 bits per heavy atom. The molecule has 1 aromatic carbocycles. The quantitative estimate of drug-likeness (QED) is 0.191.